The maximum absolute atomic E-state index is 7.00. The van der Waals surface area contributed by atoms with Gasteiger partial charge in [-0.05, 0) is 87.1 Å². The number of ether oxygens (including phenoxy) is 2. The fourth-order valence-corrected chi connectivity index (χ4v) is 8.76. The molecular weight excluding hydrogens is 596 g/mol. The molecule has 4 aliphatic heterocycles. The topological polar surface area (TPSA) is 75.4 Å². The van der Waals surface area contributed by atoms with Crippen LogP contribution in [0.5, 0.6) is 11.5 Å². The van der Waals surface area contributed by atoms with Crippen LogP contribution in [0.2, 0.25) is 0 Å². The van der Waals surface area contributed by atoms with Crippen molar-refractivity contribution in [1.29, 1.82) is 0 Å². The highest BCUT2D eigenvalue weighted by atomic mass is 16.5. The van der Waals surface area contributed by atoms with Crippen molar-refractivity contribution in [2.75, 3.05) is 26.2 Å². The first-order chi connectivity index (χ1) is 23.2. The molecule has 2 unspecified atom stereocenters. The minimum atomic E-state index is -0.546. The Kier molecular flexibility index (Phi) is 7.79. The summed E-state index contributed by atoms with van der Waals surface area (Å²) >= 11 is 0. The zero-order chi connectivity index (χ0) is 33.0. The van der Waals surface area contributed by atoms with Gasteiger partial charge in [-0.15, -0.1) is 0 Å². The average molecular weight is 645 g/mol. The Morgan fingerprint density at radius 2 is 1.06 bits per heavy atom. The number of hydrogen-bond acceptors (Lipinski definition) is 8. The van der Waals surface area contributed by atoms with Crippen molar-refractivity contribution in [2.45, 2.75) is 90.5 Å². The second-order valence-electron chi connectivity index (χ2n) is 15.4. The Hall–Kier alpha value is -3.88. The third kappa shape index (κ3) is 5.02. The lowest BCUT2D eigenvalue weighted by Gasteiger charge is -2.55. The lowest BCUT2D eigenvalue weighted by atomic mass is 9.73. The molecule has 0 saturated carbocycles. The number of pyridine rings is 2. The van der Waals surface area contributed by atoms with Gasteiger partial charge in [-0.2, -0.15) is 0 Å². The number of aliphatic imine (C=N–C) groups is 2. The van der Waals surface area contributed by atoms with Crippen LogP contribution in [0.25, 0.3) is 21.8 Å². The average Bonchev–Trinajstić information content (AvgIpc) is 3.09. The van der Waals surface area contributed by atoms with Crippen molar-refractivity contribution in [3.63, 3.8) is 0 Å². The summed E-state index contributed by atoms with van der Waals surface area (Å²) in [4.78, 5) is 24.3. The fourth-order valence-electron chi connectivity index (χ4n) is 8.76. The highest BCUT2D eigenvalue weighted by Crippen LogP contribution is 2.51. The summed E-state index contributed by atoms with van der Waals surface area (Å²) in [6.45, 7) is 13.4. The molecule has 0 N–H and O–H groups in total. The van der Waals surface area contributed by atoms with Gasteiger partial charge in [0.2, 0.25) is 11.4 Å². The number of piperidine rings is 2. The number of nitrogens with zero attached hydrogens (tertiary/aromatic N) is 6. The van der Waals surface area contributed by atoms with Gasteiger partial charge in [-0.3, -0.25) is 29.8 Å². The Bertz CT molecular complexity index is 1760. The maximum atomic E-state index is 7.00. The second kappa shape index (κ2) is 11.9. The molecule has 2 spiro atoms. The highest BCUT2D eigenvalue weighted by Gasteiger charge is 2.55. The molecule has 4 aromatic rings. The summed E-state index contributed by atoms with van der Waals surface area (Å²) in [5, 5.41) is 2.08. The van der Waals surface area contributed by atoms with Gasteiger partial charge in [0.1, 0.15) is 22.9 Å². The molecule has 2 aromatic heterocycles. The Balaban J connectivity index is 0.922. The van der Waals surface area contributed by atoms with Gasteiger partial charge in [-0.1, -0.05) is 40.5 Å². The first kappa shape index (κ1) is 31.4. The molecule has 8 rings (SSSR count). The van der Waals surface area contributed by atoms with E-state index in [4.69, 9.17) is 19.5 Å². The predicted octanol–water partition coefficient (Wildman–Crippen LogP) is 8.87. The Morgan fingerprint density at radius 3 is 1.52 bits per heavy atom. The summed E-state index contributed by atoms with van der Waals surface area (Å²) < 4.78 is 14.0. The number of benzene rings is 2. The van der Waals surface area contributed by atoms with Crippen LogP contribution in [0.1, 0.15) is 79.1 Å². The third-order valence-electron chi connectivity index (χ3n) is 11.7. The molecule has 2 aromatic carbocycles. The van der Waals surface area contributed by atoms with Gasteiger partial charge in [0.05, 0.1) is 23.5 Å². The van der Waals surface area contributed by atoms with E-state index in [-0.39, 0.29) is 10.8 Å². The molecule has 6 heterocycles. The first-order valence-corrected chi connectivity index (χ1v) is 18.0. The summed E-state index contributed by atoms with van der Waals surface area (Å²) in [5.74, 6) is 1.72. The van der Waals surface area contributed by atoms with Crippen LogP contribution in [0, 0.1) is 10.8 Å². The van der Waals surface area contributed by atoms with Crippen molar-refractivity contribution in [2.24, 2.45) is 20.8 Å². The van der Waals surface area contributed by atoms with Crippen molar-refractivity contribution in [3.8, 4) is 11.5 Å². The highest BCUT2D eigenvalue weighted by molar-refractivity contribution is 5.97. The van der Waals surface area contributed by atoms with Crippen molar-refractivity contribution < 1.29 is 9.47 Å². The molecule has 4 aliphatic rings. The molecule has 48 heavy (non-hydrogen) atoms. The molecule has 8 heteroatoms. The number of aromatic nitrogens is 2. The van der Waals surface area contributed by atoms with E-state index in [0.717, 1.165) is 96.5 Å². The SMILES string of the molecule is CC1(C)CCCN(CCCCCCN2CCCC(C)(C)C23C=Nc2c(ccc4ncccc24)O3)C12C=Nc1c(ccc3ncccc13)O2. The van der Waals surface area contributed by atoms with E-state index < -0.39 is 11.4 Å². The standard InChI is InChI=1S/C40H48N6O2/c1-37(2)19-11-25-45(39(37)27-43-35-29-13-9-21-41-31(29)15-17-33(35)47-39)23-7-5-6-8-24-46-26-12-20-38(3,4)40(46)28-44-36-30-14-10-22-42-32(30)16-18-34(36)48-40/h9-10,13-18,21-22,27-28H,5-8,11-12,19-20,23-26H2,1-4H3. The van der Waals surface area contributed by atoms with Gasteiger partial charge in [-0.25, -0.2) is 0 Å². The molecule has 0 aliphatic carbocycles. The Morgan fingerprint density at radius 1 is 0.604 bits per heavy atom. The van der Waals surface area contributed by atoms with Crippen LogP contribution >= 0.6 is 0 Å². The smallest absolute Gasteiger partial charge is 0.204 e. The summed E-state index contributed by atoms with van der Waals surface area (Å²) in [6.07, 6.45) is 17.0. The monoisotopic (exact) mass is 644 g/mol. The third-order valence-corrected chi connectivity index (χ3v) is 11.7. The van der Waals surface area contributed by atoms with E-state index >= 15 is 0 Å². The van der Waals surface area contributed by atoms with Gasteiger partial charge in [0.15, 0.2) is 0 Å². The summed E-state index contributed by atoms with van der Waals surface area (Å²) in [7, 11) is 0. The van der Waals surface area contributed by atoms with Crippen LogP contribution in [-0.2, 0) is 0 Å². The molecule has 0 radical (unpaired) electrons. The van der Waals surface area contributed by atoms with Crippen molar-refractivity contribution in [1.82, 2.24) is 19.8 Å². The van der Waals surface area contributed by atoms with Gasteiger partial charge in [0, 0.05) is 60.2 Å². The van der Waals surface area contributed by atoms with E-state index in [9.17, 15) is 0 Å². The first-order valence-electron chi connectivity index (χ1n) is 18.0. The fraction of sp³-hybridized carbons (Fsp3) is 0.500. The molecule has 8 nitrogen and oxygen atoms in total. The molecule has 2 fully saturated rings. The van der Waals surface area contributed by atoms with Crippen molar-refractivity contribution in [3.05, 3.63) is 60.9 Å². The molecule has 0 amide bonds. The van der Waals surface area contributed by atoms with Crippen molar-refractivity contribution >= 4 is 45.6 Å². The van der Waals surface area contributed by atoms with Crippen LogP contribution in [0.15, 0.2) is 70.9 Å². The largest absolute Gasteiger partial charge is 0.464 e. The second-order valence-corrected chi connectivity index (χ2v) is 15.4. The van der Waals surface area contributed by atoms with Crippen LogP contribution in [-0.4, -0.2) is 69.8 Å². The van der Waals surface area contributed by atoms with Crippen LogP contribution < -0.4 is 9.47 Å². The summed E-state index contributed by atoms with van der Waals surface area (Å²) in [6, 6.07) is 16.3. The minimum absolute atomic E-state index is 0.0608. The zero-order valence-corrected chi connectivity index (χ0v) is 28.9. The summed E-state index contributed by atoms with van der Waals surface area (Å²) in [5.41, 5.74) is 2.47. The van der Waals surface area contributed by atoms with Gasteiger partial charge >= 0.3 is 0 Å². The van der Waals surface area contributed by atoms with Crippen LogP contribution in [0.3, 0.4) is 0 Å². The molecule has 250 valence electrons. The lowest BCUT2D eigenvalue weighted by Crippen LogP contribution is -2.66. The number of rotatable bonds is 7. The van der Waals surface area contributed by atoms with E-state index in [1.807, 2.05) is 24.5 Å². The number of hydrogen-bond donors (Lipinski definition) is 0. The number of fused-ring (bicyclic) bond motifs is 6. The number of likely N-dealkylation sites (tertiary alicyclic amines) is 2. The van der Waals surface area contributed by atoms with E-state index in [1.165, 1.54) is 25.7 Å². The Labute approximate surface area is 284 Å². The van der Waals surface area contributed by atoms with Gasteiger partial charge < -0.3 is 9.47 Å². The van der Waals surface area contributed by atoms with E-state index in [2.05, 4.69) is 96.3 Å². The zero-order valence-electron chi connectivity index (χ0n) is 28.9. The quantitative estimate of drug-likeness (QED) is 0.187. The maximum Gasteiger partial charge on any atom is 0.204 e. The van der Waals surface area contributed by atoms with E-state index in [1.54, 1.807) is 0 Å². The predicted molar refractivity (Wildman–Crippen MR) is 194 cm³/mol. The van der Waals surface area contributed by atoms with Crippen LogP contribution in [0.4, 0.5) is 11.4 Å². The lowest BCUT2D eigenvalue weighted by molar-refractivity contribution is -0.136. The normalized spacial score (nSPS) is 26.0. The molecule has 2 saturated heterocycles. The van der Waals surface area contributed by atoms with E-state index in [0.29, 0.717) is 0 Å². The molecule has 2 atom stereocenters. The molecule has 0 bridgehead atoms. The number of unbranched alkanes of at least 4 members (excludes halogenated alkanes) is 3. The van der Waals surface area contributed by atoms with Gasteiger partial charge in [0.25, 0.3) is 0 Å². The molecular formula is C40H48N6O2. The minimum Gasteiger partial charge on any atom is -0.464 e.